The van der Waals surface area contributed by atoms with Gasteiger partial charge in [-0.2, -0.15) is 9.78 Å². The summed E-state index contributed by atoms with van der Waals surface area (Å²) in [5.41, 5.74) is 1.59. The summed E-state index contributed by atoms with van der Waals surface area (Å²) < 4.78 is 23.8. The number of methoxy groups -OCH3 is 2. The molecule has 5 rings (SSSR count). The highest BCUT2D eigenvalue weighted by Crippen LogP contribution is 2.33. The molecule has 2 heterocycles. The quantitative estimate of drug-likeness (QED) is 0.308. The van der Waals surface area contributed by atoms with E-state index in [2.05, 4.69) is 5.10 Å². The van der Waals surface area contributed by atoms with Crippen molar-refractivity contribution in [2.24, 2.45) is 5.10 Å². The zero-order valence-corrected chi connectivity index (χ0v) is 19.5. The number of fused-ring (bicyclic) bond motifs is 2. The topological polar surface area (TPSA) is 88.1 Å². The summed E-state index contributed by atoms with van der Waals surface area (Å²) in [6, 6.07) is 19.9. The summed E-state index contributed by atoms with van der Waals surface area (Å²) in [5.74, 6) is 2.55. The molecule has 0 aliphatic rings. The SMILES string of the molecule is CCOc1cc(C=Nn2c(-c3cc4c(OC)cccc4o3)nc3ccccc3c2=O)ccc1OC. The van der Waals surface area contributed by atoms with E-state index in [1.165, 1.54) is 4.68 Å². The molecule has 0 bridgehead atoms. The van der Waals surface area contributed by atoms with Gasteiger partial charge in [0.05, 0.1) is 43.3 Å². The van der Waals surface area contributed by atoms with Gasteiger partial charge in [0.15, 0.2) is 17.3 Å². The average Bonchev–Trinajstić information content (AvgIpc) is 3.33. The van der Waals surface area contributed by atoms with Gasteiger partial charge < -0.3 is 18.6 Å². The van der Waals surface area contributed by atoms with Crippen molar-refractivity contribution in [3.05, 3.63) is 82.6 Å². The Bertz CT molecular complexity index is 1620. The second-order valence-electron chi connectivity index (χ2n) is 7.64. The Balaban J connectivity index is 1.68. The van der Waals surface area contributed by atoms with Gasteiger partial charge in [0.2, 0.25) is 5.82 Å². The summed E-state index contributed by atoms with van der Waals surface area (Å²) in [7, 11) is 3.18. The summed E-state index contributed by atoms with van der Waals surface area (Å²) in [4.78, 5) is 18.2. The Kier molecular flexibility index (Phi) is 5.93. The van der Waals surface area contributed by atoms with Crippen LogP contribution in [0.4, 0.5) is 0 Å². The Labute approximate surface area is 201 Å². The molecule has 176 valence electrons. The van der Waals surface area contributed by atoms with Crippen LogP contribution in [0.25, 0.3) is 33.5 Å². The molecule has 3 aromatic carbocycles. The molecule has 0 radical (unpaired) electrons. The first-order valence-electron chi connectivity index (χ1n) is 11.1. The normalized spacial score (nSPS) is 11.4. The summed E-state index contributed by atoms with van der Waals surface area (Å²) in [6.45, 7) is 2.39. The standard InChI is InChI=1S/C27H23N3O5/c1-4-34-24-14-17(12-13-23(24)33-3)16-28-30-26(29-20-9-6-5-8-18(20)27(30)31)25-15-19-21(32-2)10-7-11-22(19)35-25/h5-16H,4H2,1-3H3. The van der Waals surface area contributed by atoms with E-state index in [-0.39, 0.29) is 11.4 Å². The molecule has 0 aliphatic heterocycles. The van der Waals surface area contributed by atoms with Crippen LogP contribution in [0.1, 0.15) is 12.5 Å². The van der Waals surface area contributed by atoms with Gasteiger partial charge in [0, 0.05) is 0 Å². The van der Waals surface area contributed by atoms with Crippen LogP contribution in [-0.2, 0) is 0 Å². The van der Waals surface area contributed by atoms with Crippen molar-refractivity contribution in [2.75, 3.05) is 20.8 Å². The van der Waals surface area contributed by atoms with Gasteiger partial charge in [0.25, 0.3) is 5.56 Å². The van der Waals surface area contributed by atoms with E-state index in [0.717, 1.165) is 10.9 Å². The van der Waals surface area contributed by atoms with Crippen LogP contribution in [0, 0.1) is 0 Å². The minimum Gasteiger partial charge on any atom is -0.496 e. The van der Waals surface area contributed by atoms with Gasteiger partial charge in [-0.3, -0.25) is 4.79 Å². The lowest BCUT2D eigenvalue weighted by Gasteiger charge is -2.10. The molecule has 0 N–H and O–H groups in total. The molecule has 5 aromatic rings. The van der Waals surface area contributed by atoms with Crippen LogP contribution in [0.15, 0.2) is 81.0 Å². The molecular formula is C27H23N3O5. The van der Waals surface area contributed by atoms with Crippen LogP contribution >= 0.6 is 0 Å². The first-order valence-corrected chi connectivity index (χ1v) is 11.1. The monoisotopic (exact) mass is 469 g/mol. The highest BCUT2D eigenvalue weighted by Gasteiger charge is 2.18. The number of benzene rings is 3. The number of furan rings is 1. The fourth-order valence-corrected chi connectivity index (χ4v) is 3.88. The van der Waals surface area contributed by atoms with E-state index < -0.39 is 0 Å². The van der Waals surface area contributed by atoms with Gasteiger partial charge in [-0.05, 0) is 61.0 Å². The van der Waals surface area contributed by atoms with E-state index in [9.17, 15) is 4.79 Å². The molecule has 35 heavy (non-hydrogen) atoms. The Morgan fingerprint density at radius 3 is 2.57 bits per heavy atom. The van der Waals surface area contributed by atoms with Gasteiger partial charge in [-0.15, -0.1) is 0 Å². The van der Waals surface area contributed by atoms with Crippen LogP contribution < -0.4 is 19.8 Å². The van der Waals surface area contributed by atoms with Crippen molar-refractivity contribution in [1.82, 2.24) is 9.66 Å². The fraction of sp³-hybridized carbons (Fsp3) is 0.148. The second-order valence-corrected chi connectivity index (χ2v) is 7.64. The van der Waals surface area contributed by atoms with E-state index in [1.54, 1.807) is 56.8 Å². The van der Waals surface area contributed by atoms with Crippen molar-refractivity contribution in [1.29, 1.82) is 0 Å². The first kappa shape index (κ1) is 22.2. The molecule has 2 aromatic heterocycles. The largest absolute Gasteiger partial charge is 0.496 e. The van der Waals surface area contributed by atoms with Crippen molar-refractivity contribution < 1.29 is 18.6 Å². The molecule has 0 spiro atoms. The van der Waals surface area contributed by atoms with Crippen molar-refractivity contribution in [2.45, 2.75) is 6.92 Å². The molecule has 0 saturated heterocycles. The zero-order chi connectivity index (χ0) is 24.4. The number of ether oxygens (including phenoxy) is 3. The zero-order valence-electron chi connectivity index (χ0n) is 19.5. The average molecular weight is 469 g/mol. The molecule has 0 aliphatic carbocycles. The van der Waals surface area contributed by atoms with Crippen LogP contribution in [-0.4, -0.2) is 36.7 Å². The molecule has 0 amide bonds. The summed E-state index contributed by atoms with van der Waals surface area (Å²) in [5, 5.41) is 5.73. The van der Waals surface area contributed by atoms with E-state index in [0.29, 0.717) is 46.1 Å². The maximum atomic E-state index is 13.5. The molecule has 0 unspecified atom stereocenters. The fourth-order valence-electron chi connectivity index (χ4n) is 3.88. The third-order valence-electron chi connectivity index (χ3n) is 5.53. The van der Waals surface area contributed by atoms with Gasteiger partial charge in [-0.1, -0.05) is 18.2 Å². The maximum absolute atomic E-state index is 13.5. The van der Waals surface area contributed by atoms with Crippen LogP contribution in [0.3, 0.4) is 0 Å². The Morgan fingerprint density at radius 1 is 0.943 bits per heavy atom. The molecule has 8 nitrogen and oxygen atoms in total. The lowest BCUT2D eigenvalue weighted by Crippen LogP contribution is -2.20. The van der Waals surface area contributed by atoms with E-state index in [4.69, 9.17) is 23.6 Å². The highest BCUT2D eigenvalue weighted by atomic mass is 16.5. The smallest absolute Gasteiger partial charge is 0.282 e. The molecule has 0 saturated carbocycles. The number of hydrogen-bond acceptors (Lipinski definition) is 7. The van der Waals surface area contributed by atoms with E-state index in [1.807, 2.05) is 37.3 Å². The molecule has 0 atom stereocenters. The lowest BCUT2D eigenvalue weighted by atomic mass is 10.2. The van der Waals surface area contributed by atoms with Gasteiger partial charge in [0.1, 0.15) is 11.3 Å². The van der Waals surface area contributed by atoms with Crippen LogP contribution in [0.5, 0.6) is 17.2 Å². The lowest BCUT2D eigenvalue weighted by molar-refractivity contribution is 0.311. The van der Waals surface area contributed by atoms with Gasteiger partial charge >= 0.3 is 0 Å². The molecule has 0 fully saturated rings. The summed E-state index contributed by atoms with van der Waals surface area (Å²) >= 11 is 0. The third kappa shape index (κ3) is 4.10. The number of rotatable bonds is 7. The van der Waals surface area contributed by atoms with Crippen molar-refractivity contribution in [3.8, 4) is 28.8 Å². The number of para-hydroxylation sites is 1. The Hall–Kier alpha value is -4.59. The minimum atomic E-state index is -0.312. The van der Waals surface area contributed by atoms with Crippen molar-refractivity contribution >= 4 is 28.1 Å². The van der Waals surface area contributed by atoms with Gasteiger partial charge in [-0.25, -0.2) is 4.98 Å². The second kappa shape index (κ2) is 9.34. The number of hydrogen-bond donors (Lipinski definition) is 0. The highest BCUT2D eigenvalue weighted by molar-refractivity contribution is 5.88. The predicted octanol–water partition coefficient (Wildman–Crippen LogP) is 5.11. The van der Waals surface area contributed by atoms with Crippen molar-refractivity contribution in [3.63, 3.8) is 0 Å². The number of nitrogens with zero attached hydrogens (tertiary/aromatic N) is 3. The van der Waals surface area contributed by atoms with E-state index >= 15 is 0 Å². The third-order valence-corrected chi connectivity index (χ3v) is 5.53. The summed E-state index contributed by atoms with van der Waals surface area (Å²) in [6.07, 6.45) is 1.58. The first-order chi connectivity index (χ1) is 17.1. The minimum absolute atomic E-state index is 0.279. The van der Waals surface area contributed by atoms with Crippen LogP contribution in [0.2, 0.25) is 0 Å². The Morgan fingerprint density at radius 2 is 1.77 bits per heavy atom. The molecule has 8 heteroatoms. The predicted molar refractivity (Wildman–Crippen MR) is 135 cm³/mol. The number of aromatic nitrogens is 2. The molecular weight excluding hydrogens is 446 g/mol. The maximum Gasteiger partial charge on any atom is 0.282 e.